The molecule has 146 valence electrons. The Balaban J connectivity index is 2.45. The molecule has 0 spiro atoms. The molecule has 0 unspecified atom stereocenters. The average molecular weight is 370 g/mol. The van der Waals surface area contributed by atoms with Gasteiger partial charge in [0.25, 0.3) is 0 Å². The molecule has 1 heterocycles. The summed E-state index contributed by atoms with van der Waals surface area (Å²) >= 11 is 0. The molecule has 1 aromatic carbocycles. The van der Waals surface area contributed by atoms with E-state index in [-0.39, 0.29) is 0 Å². The molecule has 0 radical (unpaired) electrons. The molecule has 1 aromatic heterocycles. The Morgan fingerprint density at radius 2 is 1.93 bits per heavy atom. The lowest BCUT2D eigenvalue weighted by Crippen LogP contribution is -2.37. The Kier molecular flexibility index (Phi) is 6.47. The number of carbonyl (C=O) groups is 1. The minimum Gasteiger partial charge on any atom is -0.496 e. The summed E-state index contributed by atoms with van der Waals surface area (Å²) in [4.78, 5) is 19.1. The first-order valence-corrected chi connectivity index (χ1v) is 9.24. The van der Waals surface area contributed by atoms with Gasteiger partial charge in [0.15, 0.2) is 0 Å². The first kappa shape index (κ1) is 20.7. The normalized spacial score (nSPS) is 11.2. The van der Waals surface area contributed by atoms with Crippen LogP contribution in [0.4, 0.5) is 10.5 Å². The fourth-order valence-corrected chi connectivity index (χ4v) is 2.90. The van der Waals surface area contributed by atoms with Crippen LogP contribution in [0.1, 0.15) is 50.1 Å². The standard InChI is InChI=1S/C22H30N2O3/c1-8-17-10-9-11-18(12-17)24(21(25)27-22(4,5)6)14-19-16(3)20(26-7)15(2)13-23-19/h9-13H,8,14H2,1-7H3. The summed E-state index contributed by atoms with van der Waals surface area (Å²) in [5.74, 6) is 0.798. The number of pyridine rings is 1. The highest BCUT2D eigenvalue weighted by atomic mass is 16.6. The molecule has 0 N–H and O–H groups in total. The zero-order chi connectivity index (χ0) is 20.2. The SMILES string of the molecule is CCc1cccc(N(Cc2ncc(C)c(OC)c2C)C(=O)OC(C)(C)C)c1. The zero-order valence-corrected chi connectivity index (χ0v) is 17.4. The number of hydrogen-bond acceptors (Lipinski definition) is 4. The fourth-order valence-electron chi connectivity index (χ4n) is 2.90. The van der Waals surface area contributed by atoms with Gasteiger partial charge in [-0.15, -0.1) is 0 Å². The van der Waals surface area contributed by atoms with Gasteiger partial charge in [0, 0.05) is 23.0 Å². The second-order valence-corrected chi connectivity index (χ2v) is 7.64. The van der Waals surface area contributed by atoms with E-state index in [4.69, 9.17) is 9.47 Å². The predicted octanol–water partition coefficient (Wildman–Crippen LogP) is 5.21. The molecular weight excluding hydrogens is 340 g/mol. The summed E-state index contributed by atoms with van der Waals surface area (Å²) in [5.41, 5.74) is 4.06. The van der Waals surface area contributed by atoms with Crippen LogP contribution in [0.5, 0.6) is 5.75 Å². The van der Waals surface area contributed by atoms with E-state index >= 15 is 0 Å². The van der Waals surface area contributed by atoms with Crippen molar-refractivity contribution in [3.05, 3.63) is 52.8 Å². The van der Waals surface area contributed by atoms with Crippen LogP contribution in [-0.4, -0.2) is 23.8 Å². The summed E-state index contributed by atoms with van der Waals surface area (Å²) in [7, 11) is 1.65. The van der Waals surface area contributed by atoms with E-state index in [9.17, 15) is 4.79 Å². The number of ether oxygens (including phenoxy) is 2. The lowest BCUT2D eigenvalue weighted by molar-refractivity contribution is 0.0577. The minimum atomic E-state index is -0.578. The molecule has 27 heavy (non-hydrogen) atoms. The van der Waals surface area contributed by atoms with Crippen LogP contribution in [0.3, 0.4) is 0 Å². The third-order valence-corrected chi connectivity index (χ3v) is 4.30. The lowest BCUT2D eigenvalue weighted by atomic mass is 10.1. The number of carbonyl (C=O) groups excluding carboxylic acids is 1. The van der Waals surface area contributed by atoms with Crippen molar-refractivity contribution in [3.8, 4) is 5.75 Å². The Morgan fingerprint density at radius 3 is 2.52 bits per heavy atom. The molecule has 0 aliphatic rings. The number of hydrogen-bond donors (Lipinski definition) is 0. The van der Waals surface area contributed by atoms with E-state index in [1.54, 1.807) is 18.2 Å². The van der Waals surface area contributed by atoms with E-state index < -0.39 is 11.7 Å². The summed E-state index contributed by atoms with van der Waals surface area (Å²) in [6.45, 7) is 11.9. The Labute approximate surface area is 162 Å². The van der Waals surface area contributed by atoms with Gasteiger partial charge in [0.2, 0.25) is 0 Å². The van der Waals surface area contributed by atoms with Gasteiger partial charge in [-0.1, -0.05) is 19.1 Å². The van der Waals surface area contributed by atoms with Gasteiger partial charge >= 0.3 is 6.09 Å². The minimum absolute atomic E-state index is 0.310. The van der Waals surface area contributed by atoms with Crippen molar-refractivity contribution >= 4 is 11.8 Å². The van der Waals surface area contributed by atoms with Crippen molar-refractivity contribution in [2.75, 3.05) is 12.0 Å². The van der Waals surface area contributed by atoms with E-state index in [2.05, 4.69) is 18.0 Å². The summed E-state index contributed by atoms with van der Waals surface area (Å²) in [6, 6.07) is 7.95. The quantitative estimate of drug-likeness (QED) is 0.725. The average Bonchev–Trinajstić information content (AvgIpc) is 2.60. The van der Waals surface area contributed by atoms with Gasteiger partial charge in [-0.3, -0.25) is 9.88 Å². The fraction of sp³-hybridized carbons (Fsp3) is 0.455. The van der Waals surface area contributed by atoms with Gasteiger partial charge in [0.1, 0.15) is 11.4 Å². The number of nitrogens with zero attached hydrogens (tertiary/aromatic N) is 2. The zero-order valence-electron chi connectivity index (χ0n) is 17.4. The van der Waals surface area contributed by atoms with Gasteiger partial charge in [-0.05, 0) is 58.7 Å². The third kappa shape index (κ3) is 5.22. The van der Waals surface area contributed by atoms with Crippen LogP contribution in [0, 0.1) is 13.8 Å². The highest BCUT2D eigenvalue weighted by Gasteiger charge is 2.25. The van der Waals surface area contributed by atoms with Crippen molar-refractivity contribution in [1.29, 1.82) is 0 Å². The van der Waals surface area contributed by atoms with Crippen LogP contribution in [0.2, 0.25) is 0 Å². The highest BCUT2D eigenvalue weighted by Crippen LogP contribution is 2.27. The van der Waals surface area contributed by atoms with Gasteiger partial charge in [0.05, 0.1) is 19.3 Å². The molecule has 1 amide bonds. The Morgan fingerprint density at radius 1 is 1.22 bits per heavy atom. The summed E-state index contributed by atoms with van der Waals surface area (Å²) in [5, 5.41) is 0. The van der Waals surface area contributed by atoms with Crippen LogP contribution in [0.15, 0.2) is 30.5 Å². The maximum absolute atomic E-state index is 12.9. The van der Waals surface area contributed by atoms with Gasteiger partial charge in [-0.2, -0.15) is 0 Å². The number of anilines is 1. The number of methoxy groups -OCH3 is 1. The van der Waals surface area contributed by atoms with Gasteiger partial charge < -0.3 is 9.47 Å². The largest absolute Gasteiger partial charge is 0.496 e. The number of benzene rings is 1. The first-order valence-electron chi connectivity index (χ1n) is 9.24. The van der Waals surface area contributed by atoms with Crippen LogP contribution >= 0.6 is 0 Å². The van der Waals surface area contributed by atoms with E-state index in [1.807, 2.05) is 52.8 Å². The molecule has 2 aromatic rings. The van der Waals surface area contributed by atoms with Crippen molar-refractivity contribution in [1.82, 2.24) is 4.98 Å². The molecule has 0 saturated carbocycles. The molecule has 2 rings (SSSR count). The van der Waals surface area contributed by atoms with Gasteiger partial charge in [-0.25, -0.2) is 4.79 Å². The van der Waals surface area contributed by atoms with Crippen LogP contribution in [0.25, 0.3) is 0 Å². The predicted molar refractivity (Wildman–Crippen MR) is 109 cm³/mol. The topological polar surface area (TPSA) is 51.7 Å². The molecule has 0 atom stereocenters. The van der Waals surface area contributed by atoms with Crippen molar-refractivity contribution in [2.24, 2.45) is 0 Å². The highest BCUT2D eigenvalue weighted by molar-refractivity contribution is 5.88. The Hall–Kier alpha value is -2.56. The molecule has 0 bridgehead atoms. The second kappa shape index (κ2) is 8.42. The summed E-state index contributed by atoms with van der Waals surface area (Å²) in [6.07, 6.45) is 2.28. The van der Waals surface area contributed by atoms with E-state index in [1.165, 1.54) is 0 Å². The number of rotatable bonds is 5. The van der Waals surface area contributed by atoms with E-state index in [0.717, 1.165) is 40.2 Å². The Bertz CT molecular complexity index is 810. The molecule has 0 saturated heterocycles. The van der Waals surface area contributed by atoms with Crippen LogP contribution < -0.4 is 9.64 Å². The van der Waals surface area contributed by atoms with Crippen molar-refractivity contribution < 1.29 is 14.3 Å². The first-order chi connectivity index (χ1) is 12.7. The maximum atomic E-state index is 12.9. The number of aryl methyl sites for hydroxylation is 2. The molecule has 0 aliphatic carbocycles. The monoisotopic (exact) mass is 370 g/mol. The number of amides is 1. The molecule has 0 aliphatic heterocycles. The molecule has 5 heteroatoms. The summed E-state index contributed by atoms with van der Waals surface area (Å²) < 4.78 is 11.2. The van der Waals surface area contributed by atoms with Crippen molar-refractivity contribution in [3.63, 3.8) is 0 Å². The van der Waals surface area contributed by atoms with E-state index in [0.29, 0.717) is 6.54 Å². The van der Waals surface area contributed by atoms with Crippen molar-refractivity contribution in [2.45, 2.75) is 60.1 Å². The smallest absolute Gasteiger partial charge is 0.415 e. The van der Waals surface area contributed by atoms with Crippen LogP contribution in [-0.2, 0) is 17.7 Å². The maximum Gasteiger partial charge on any atom is 0.415 e. The molecule has 0 fully saturated rings. The number of aromatic nitrogens is 1. The third-order valence-electron chi connectivity index (χ3n) is 4.30. The molecular formula is C22H30N2O3. The lowest BCUT2D eigenvalue weighted by Gasteiger charge is -2.28. The molecule has 5 nitrogen and oxygen atoms in total. The second-order valence-electron chi connectivity index (χ2n) is 7.64.